The Morgan fingerprint density at radius 3 is 2.64 bits per heavy atom. The highest BCUT2D eigenvalue weighted by Gasteiger charge is 2.24. The molecule has 0 fully saturated rings. The Labute approximate surface area is 133 Å². The quantitative estimate of drug-likeness (QED) is 0.714. The van der Waals surface area contributed by atoms with Crippen molar-refractivity contribution in [2.24, 2.45) is 0 Å². The number of benzene rings is 1. The average molecular weight is 356 g/mol. The monoisotopic (exact) mass is 356 g/mol. The van der Waals surface area contributed by atoms with Crippen LogP contribution in [0.25, 0.3) is 9.88 Å². The molecule has 0 aliphatic rings. The Morgan fingerprint density at radius 1 is 1.18 bits per heavy atom. The van der Waals surface area contributed by atoms with Crippen LogP contribution in [0.1, 0.15) is 11.3 Å². The van der Waals surface area contributed by atoms with Gasteiger partial charge in [0, 0.05) is 5.56 Å². The number of aryl methyl sites for hydroxylation is 1. The first-order valence-electron chi connectivity index (χ1n) is 6.06. The molecule has 3 rings (SSSR count). The van der Waals surface area contributed by atoms with Crippen molar-refractivity contribution in [3.63, 3.8) is 0 Å². The second-order valence-corrected chi connectivity index (χ2v) is 8.31. The zero-order chi connectivity index (χ0) is 15.7. The van der Waals surface area contributed by atoms with E-state index >= 15 is 0 Å². The van der Waals surface area contributed by atoms with Gasteiger partial charge < -0.3 is 0 Å². The summed E-state index contributed by atoms with van der Waals surface area (Å²) in [6.45, 7) is 1.76. The van der Waals surface area contributed by atoms with Gasteiger partial charge in [-0.1, -0.05) is 34.0 Å². The van der Waals surface area contributed by atoms with E-state index in [0.717, 1.165) is 22.9 Å². The normalized spacial score (nSPS) is 11.7. The van der Waals surface area contributed by atoms with Gasteiger partial charge in [-0.15, -0.1) is 15.3 Å². The smallest absolute Gasteiger partial charge is 0.221 e. The molecule has 0 N–H and O–H groups in total. The highest BCUT2D eigenvalue weighted by molar-refractivity contribution is 7.92. The molecule has 6 nitrogen and oxygen atoms in total. The molecular weight excluding hydrogens is 347 g/mol. The van der Waals surface area contributed by atoms with E-state index in [2.05, 4.69) is 19.8 Å². The minimum absolute atomic E-state index is 0.106. The number of hydrogen-bond donors (Lipinski definition) is 0. The van der Waals surface area contributed by atoms with Gasteiger partial charge in [-0.2, -0.15) is 0 Å². The molecule has 2 heterocycles. The predicted molar refractivity (Wildman–Crippen MR) is 80.8 cm³/mol. The Bertz CT molecular complexity index is 920. The molecule has 0 atom stereocenters. The van der Waals surface area contributed by atoms with Crippen molar-refractivity contribution in [3.05, 3.63) is 41.3 Å². The van der Waals surface area contributed by atoms with Gasteiger partial charge in [0.2, 0.25) is 14.2 Å². The molecule has 0 aliphatic carbocycles. The molecule has 0 bridgehead atoms. The van der Waals surface area contributed by atoms with Crippen LogP contribution in [0, 0.1) is 12.7 Å². The van der Waals surface area contributed by atoms with Crippen molar-refractivity contribution in [3.8, 4) is 9.88 Å². The molecule has 2 aromatic heterocycles. The molecular formula is C12H9FN4O2S3. The van der Waals surface area contributed by atoms with Crippen LogP contribution in [0.4, 0.5) is 4.39 Å². The third-order valence-corrected chi connectivity index (χ3v) is 6.84. The molecule has 0 amide bonds. The Hall–Kier alpha value is -1.78. The lowest BCUT2D eigenvalue weighted by atomic mass is 10.2. The van der Waals surface area contributed by atoms with E-state index in [9.17, 15) is 12.8 Å². The maximum absolute atomic E-state index is 13.6. The molecule has 3 aromatic rings. The van der Waals surface area contributed by atoms with E-state index in [1.54, 1.807) is 13.0 Å². The van der Waals surface area contributed by atoms with Gasteiger partial charge in [-0.25, -0.2) is 12.8 Å². The van der Waals surface area contributed by atoms with Crippen molar-refractivity contribution >= 4 is 32.7 Å². The van der Waals surface area contributed by atoms with Crippen molar-refractivity contribution in [2.75, 3.05) is 0 Å². The highest BCUT2D eigenvalue weighted by atomic mass is 32.2. The van der Waals surface area contributed by atoms with Crippen molar-refractivity contribution < 1.29 is 12.8 Å². The summed E-state index contributed by atoms with van der Waals surface area (Å²) in [5.74, 6) is -1.01. The summed E-state index contributed by atoms with van der Waals surface area (Å²) in [7, 11) is -3.75. The fraction of sp³-hybridized carbons (Fsp3) is 0.167. The molecule has 1 aromatic carbocycles. The number of nitrogens with zero attached hydrogens (tertiary/aromatic N) is 4. The molecule has 114 valence electrons. The van der Waals surface area contributed by atoms with E-state index in [-0.39, 0.29) is 9.90 Å². The van der Waals surface area contributed by atoms with Crippen LogP contribution in [0.3, 0.4) is 0 Å². The van der Waals surface area contributed by atoms with Gasteiger partial charge in [0.25, 0.3) is 0 Å². The first-order valence-corrected chi connectivity index (χ1v) is 9.30. The van der Waals surface area contributed by atoms with Gasteiger partial charge in [0.1, 0.15) is 10.7 Å². The first-order chi connectivity index (χ1) is 10.5. The van der Waals surface area contributed by atoms with Gasteiger partial charge >= 0.3 is 0 Å². The van der Waals surface area contributed by atoms with Gasteiger partial charge in [-0.3, -0.25) is 0 Å². The summed E-state index contributed by atoms with van der Waals surface area (Å²) in [4.78, 5) is 0.685. The molecule has 0 saturated heterocycles. The van der Waals surface area contributed by atoms with Crippen LogP contribution in [0.2, 0.25) is 0 Å². The number of sulfone groups is 1. The fourth-order valence-electron chi connectivity index (χ4n) is 1.74. The van der Waals surface area contributed by atoms with Crippen molar-refractivity contribution in [2.45, 2.75) is 17.0 Å². The lowest BCUT2D eigenvalue weighted by molar-refractivity contribution is 0.585. The largest absolute Gasteiger partial charge is 0.233 e. The van der Waals surface area contributed by atoms with Gasteiger partial charge in [0.05, 0.1) is 11.4 Å². The maximum Gasteiger partial charge on any atom is 0.233 e. The van der Waals surface area contributed by atoms with Crippen molar-refractivity contribution in [1.82, 2.24) is 19.8 Å². The third kappa shape index (κ3) is 2.89. The second-order valence-electron chi connectivity index (χ2n) is 4.41. The zero-order valence-electron chi connectivity index (χ0n) is 11.2. The predicted octanol–water partition coefficient (Wildman–Crippen LogP) is 2.48. The fourth-order valence-corrected chi connectivity index (χ4v) is 4.93. The lowest BCUT2D eigenvalue weighted by Crippen LogP contribution is -2.06. The standard InChI is InChI=1S/C12H9FN4O2S3/c1-7-10(21-17-14-7)11-15-16-12(20-11)22(18,19)6-8-4-2-3-5-9(8)13/h2-5H,6H2,1H3. The van der Waals surface area contributed by atoms with E-state index < -0.39 is 21.4 Å². The van der Waals surface area contributed by atoms with Crippen LogP contribution >= 0.6 is 22.9 Å². The minimum Gasteiger partial charge on any atom is -0.221 e. The summed E-state index contributed by atoms with van der Waals surface area (Å²) in [5, 5.41) is 11.9. The van der Waals surface area contributed by atoms with Crippen LogP contribution in [-0.4, -0.2) is 28.2 Å². The maximum atomic E-state index is 13.6. The number of rotatable bonds is 4. The molecule has 0 saturated carbocycles. The summed E-state index contributed by atoms with van der Waals surface area (Å²) in [6, 6.07) is 5.76. The van der Waals surface area contributed by atoms with Crippen molar-refractivity contribution in [1.29, 1.82) is 0 Å². The van der Waals surface area contributed by atoms with E-state index in [0.29, 0.717) is 15.6 Å². The second kappa shape index (κ2) is 5.78. The molecule has 22 heavy (non-hydrogen) atoms. The average Bonchev–Trinajstić information content (AvgIpc) is 3.10. The molecule has 0 radical (unpaired) electrons. The summed E-state index contributed by atoms with van der Waals surface area (Å²) >= 11 is 2.06. The Balaban J connectivity index is 1.92. The molecule has 0 spiro atoms. The number of aromatic nitrogens is 4. The number of halogens is 1. The molecule has 10 heteroatoms. The van der Waals surface area contributed by atoms with E-state index in [4.69, 9.17) is 0 Å². The van der Waals surface area contributed by atoms with E-state index in [1.807, 2.05) is 0 Å². The molecule has 0 unspecified atom stereocenters. The Morgan fingerprint density at radius 2 is 1.95 bits per heavy atom. The van der Waals surface area contributed by atoms with Gasteiger partial charge in [0.15, 0.2) is 5.01 Å². The highest BCUT2D eigenvalue weighted by Crippen LogP contribution is 2.31. The summed E-state index contributed by atoms with van der Waals surface area (Å²) in [5.41, 5.74) is 0.772. The Kier molecular flexibility index (Phi) is 3.98. The summed E-state index contributed by atoms with van der Waals surface area (Å²) in [6.07, 6.45) is 0. The first kappa shape index (κ1) is 15.1. The minimum atomic E-state index is -3.75. The molecule has 0 aliphatic heterocycles. The zero-order valence-corrected chi connectivity index (χ0v) is 13.7. The van der Waals surface area contributed by atoms with E-state index in [1.165, 1.54) is 18.2 Å². The van der Waals surface area contributed by atoms with Crippen LogP contribution < -0.4 is 0 Å². The number of hydrogen-bond acceptors (Lipinski definition) is 8. The van der Waals surface area contributed by atoms with Crippen LogP contribution in [0.15, 0.2) is 28.6 Å². The topological polar surface area (TPSA) is 85.7 Å². The third-order valence-electron chi connectivity index (χ3n) is 2.82. The van der Waals surface area contributed by atoms with Crippen LogP contribution in [-0.2, 0) is 15.6 Å². The van der Waals surface area contributed by atoms with Crippen LogP contribution in [0.5, 0.6) is 0 Å². The SMILES string of the molecule is Cc1nnsc1-c1nnc(S(=O)(=O)Cc2ccccc2F)s1. The van der Waals surface area contributed by atoms with Gasteiger partial charge in [-0.05, 0) is 24.5 Å². The summed E-state index contributed by atoms with van der Waals surface area (Å²) < 4.78 is 41.9. The lowest BCUT2D eigenvalue weighted by Gasteiger charge is -2.01.